The second-order valence-electron chi connectivity index (χ2n) is 7.48. The monoisotopic (exact) mass is 397 g/mol. The lowest BCUT2D eigenvalue weighted by Crippen LogP contribution is -2.45. The lowest BCUT2D eigenvalue weighted by Gasteiger charge is -2.14. The van der Waals surface area contributed by atoms with E-state index in [2.05, 4.69) is 6.92 Å². The molecule has 0 spiro atoms. The van der Waals surface area contributed by atoms with E-state index in [-0.39, 0.29) is 6.54 Å². The van der Waals surface area contributed by atoms with Crippen LogP contribution in [0.15, 0.2) is 0 Å². The Kier molecular flexibility index (Phi) is 16.8. The zero-order valence-electron chi connectivity index (χ0n) is 17.0. The molecule has 0 unspecified atom stereocenters. The van der Waals surface area contributed by atoms with Gasteiger partial charge >= 0.3 is 12.3 Å². The van der Waals surface area contributed by atoms with Gasteiger partial charge in [0.15, 0.2) is 0 Å². The number of nitrogens with one attached hydrogen (secondary N) is 1. The third-order valence-corrected chi connectivity index (χ3v) is 4.89. The number of hydrogen-bond donors (Lipinski definition) is 1. The molecule has 0 radical (unpaired) electrons. The molecule has 0 aromatic carbocycles. The molecule has 1 amide bonds. The van der Waals surface area contributed by atoms with Crippen LogP contribution in [-0.4, -0.2) is 24.8 Å². The fourth-order valence-electron chi connectivity index (χ4n) is 3.09. The zero-order chi connectivity index (χ0) is 20.4. The molecule has 0 atom stereocenters. The predicted octanol–water partition coefficient (Wildman–Crippen LogP) is 7.26. The first kappa shape index (κ1) is 26.2. The number of hydrogen-bond acceptors (Lipinski definition) is 1. The summed E-state index contributed by atoms with van der Waals surface area (Å²) >= 11 is 0. The standard InChI is InChI=1S/C21H39F4NO/c1-2-3-4-5-6-7-8-9-10-11-12-13-14-15-16-17-18-26-20(27)21(24,25)19(22)23/h19H,2-18H2,1H3,(H,26,27). The molecule has 2 nitrogen and oxygen atoms in total. The van der Waals surface area contributed by atoms with Crippen LogP contribution in [0.2, 0.25) is 0 Å². The Morgan fingerprint density at radius 2 is 1.04 bits per heavy atom. The Balaban J connectivity index is 3.25. The van der Waals surface area contributed by atoms with Crippen molar-refractivity contribution in [2.45, 2.75) is 122 Å². The van der Waals surface area contributed by atoms with Crippen molar-refractivity contribution in [3.63, 3.8) is 0 Å². The topological polar surface area (TPSA) is 29.1 Å². The number of unbranched alkanes of at least 4 members (excludes halogenated alkanes) is 15. The lowest BCUT2D eigenvalue weighted by atomic mass is 10.0. The summed E-state index contributed by atoms with van der Waals surface area (Å²) in [6, 6.07) is 0. The molecule has 0 aromatic rings. The van der Waals surface area contributed by atoms with E-state index in [1.807, 2.05) is 5.32 Å². The smallest absolute Gasteiger partial charge is 0.351 e. The summed E-state index contributed by atoms with van der Waals surface area (Å²) in [5.74, 6) is -6.46. The van der Waals surface area contributed by atoms with E-state index in [1.165, 1.54) is 77.0 Å². The van der Waals surface area contributed by atoms with Crippen LogP contribution >= 0.6 is 0 Å². The van der Waals surface area contributed by atoms with Gasteiger partial charge in [-0.1, -0.05) is 103 Å². The Morgan fingerprint density at radius 1 is 0.704 bits per heavy atom. The van der Waals surface area contributed by atoms with E-state index in [1.54, 1.807) is 0 Å². The van der Waals surface area contributed by atoms with Gasteiger partial charge in [0, 0.05) is 6.54 Å². The van der Waals surface area contributed by atoms with Gasteiger partial charge < -0.3 is 5.32 Å². The van der Waals surface area contributed by atoms with E-state index in [0.717, 1.165) is 19.3 Å². The summed E-state index contributed by atoms with van der Waals surface area (Å²) in [4.78, 5) is 10.9. The average molecular weight is 398 g/mol. The first-order chi connectivity index (χ1) is 12.9. The van der Waals surface area contributed by atoms with Gasteiger partial charge in [0.1, 0.15) is 0 Å². The van der Waals surface area contributed by atoms with Crippen LogP contribution in [0.25, 0.3) is 0 Å². The quantitative estimate of drug-likeness (QED) is 0.180. The minimum Gasteiger partial charge on any atom is -0.351 e. The number of amides is 1. The molecular formula is C21H39F4NO. The normalized spacial score (nSPS) is 11.9. The van der Waals surface area contributed by atoms with Crippen LogP contribution in [0.4, 0.5) is 17.6 Å². The van der Waals surface area contributed by atoms with Crippen molar-refractivity contribution in [2.24, 2.45) is 0 Å². The fourth-order valence-corrected chi connectivity index (χ4v) is 3.09. The molecule has 0 aliphatic heterocycles. The van der Waals surface area contributed by atoms with E-state index in [0.29, 0.717) is 6.42 Å². The van der Waals surface area contributed by atoms with Crippen LogP contribution < -0.4 is 5.32 Å². The Morgan fingerprint density at radius 3 is 1.37 bits per heavy atom. The van der Waals surface area contributed by atoms with Crippen molar-refractivity contribution in [1.82, 2.24) is 5.32 Å². The number of halogens is 4. The molecule has 6 heteroatoms. The highest BCUT2D eigenvalue weighted by molar-refractivity contribution is 5.83. The molecule has 27 heavy (non-hydrogen) atoms. The first-order valence-electron chi connectivity index (χ1n) is 10.9. The van der Waals surface area contributed by atoms with Crippen molar-refractivity contribution in [2.75, 3.05) is 6.54 Å². The Labute approximate surface area is 162 Å². The highest BCUT2D eigenvalue weighted by Crippen LogP contribution is 2.22. The van der Waals surface area contributed by atoms with E-state index in [9.17, 15) is 22.4 Å². The summed E-state index contributed by atoms with van der Waals surface area (Å²) in [6.45, 7) is 2.27. The second-order valence-corrected chi connectivity index (χ2v) is 7.48. The summed E-state index contributed by atoms with van der Waals surface area (Å²) < 4.78 is 49.3. The van der Waals surface area contributed by atoms with Gasteiger partial charge in [0.2, 0.25) is 0 Å². The summed E-state index contributed by atoms with van der Waals surface area (Å²) in [5.41, 5.74) is 0. The molecule has 0 saturated heterocycles. The summed E-state index contributed by atoms with van der Waals surface area (Å²) in [6.07, 6.45) is 15.3. The molecule has 0 bridgehead atoms. The van der Waals surface area contributed by atoms with Crippen molar-refractivity contribution in [3.8, 4) is 0 Å². The van der Waals surface area contributed by atoms with Gasteiger partial charge in [0.05, 0.1) is 0 Å². The maximum absolute atomic E-state index is 12.7. The minimum absolute atomic E-state index is 0.0274. The van der Waals surface area contributed by atoms with Crippen LogP contribution in [0.1, 0.15) is 110 Å². The van der Waals surface area contributed by atoms with Gasteiger partial charge in [-0.3, -0.25) is 4.79 Å². The van der Waals surface area contributed by atoms with Crippen LogP contribution in [0, 0.1) is 0 Å². The van der Waals surface area contributed by atoms with Gasteiger partial charge in [-0.05, 0) is 6.42 Å². The van der Waals surface area contributed by atoms with Crippen molar-refractivity contribution >= 4 is 5.91 Å². The van der Waals surface area contributed by atoms with Gasteiger partial charge in [-0.2, -0.15) is 8.78 Å². The number of rotatable bonds is 19. The fraction of sp³-hybridized carbons (Fsp3) is 0.952. The molecule has 0 aliphatic carbocycles. The van der Waals surface area contributed by atoms with Crippen molar-refractivity contribution in [1.29, 1.82) is 0 Å². The van der Waals surface area contributed by atoms with Gasteiger partial charge in [-0.15, -0.1) is 0 Å². The molecule has 162 valence electrons. The molecule has 0 heterocycles. The van der Waals surface area contributed by atoms with Crippen LogP contribution in [0.3, 0.4) is 0 Å². The molecule has 0 rings (SSSR count). The Hall–Kier alpha value is -0.810. The number of alkyl halides is 4. The number of carbonyl (C=O) groups excluding carboxylic acids is 1. The average Bonchev–Trinajstić information content (AvgIpc) is 2.63. The SMILES string of the molecule is CCCCCCCCCCCCCCCCCCNC(=O)C(F)(F)C(F)F. The summed E-state index contributed by atoms with van der Waals surface area (Å²) in [7, 11) is 0. The minimum atomic E-state index is -4.59. The molecule has 0 aromatic heterocycles. The maximum Gasteiger partial charge on any atom is 0.383 e. The van der Waals surface area contributed by atoms with Crippen molar-refractivity contribution < 1.29 is 22.4 Å². The third-order valence-electron chi connectivity index (χ3n) is 4.89. The maximum atomic E-state index is 12.7. The van der Waals surface area contributed by atoms with Gasteiger partial charge in [0.25, 0.3) is 5.91 Å². The van der Waals surface area contributed by atoms with E-state index >= 15 is 0 Å². The Bertz CT molecular complexity index is 351. The highest BCUT2D eigenvalue weighted by atomic mass is 19.3. The van der Waals surface area contributed by atoms with Gasteiger partial charge in [-0.25, -0.2) is 8.78 Å². The first-order valence-corrected chi connectivity index (χ1v) is 10.9. The lowest BCUT2D eigenvalue weighted by molar-refractivity contribution is -0.169. The molecule has 0 saturated carbocycles. The van der Waals surface area contributed by atoms with Crippen LogP contribution in [0.5, 0.6) is 0 Å². The molecule has 0 aliphatic rings. The largest absolute Gasteiger partial charge is 0.383 e. The molecule has 1 N–H and O–H groups in total. The van der Waals surface area contributed by atoms with E-state index in [4.69, 9.17) is 0 Å². The number of carbonyl (C=O) groups is 1. The van der Waals surface area contributed by atoms with Crippen LogP contribution in [-0.2, 0) is 4.79 Å². The predicted molar refractivity (Wildman–Crippen MR) is 104 cm³/mol. The second kappa shape index (κ2) is 17.3. The molecule has 0 fully saturated rings. The highest BCUT2D eigenvalue weighted by Gasteiger charge is 2.48. The zero-order valence-corrected chi connectivity index (χ0v) is 17.0. The molecular weight excluding hydrogens is 358 g/mol. The van der Waals surface area contributed by atoms with E-state index < -0.39 is 18.3 Å². The summed E-state index contributed by atoms with van der Waals surface area (Å²) in [5, 5.41) is 1.88. The third kappa shape index (κ3) is 14.9. The van der Waals surface area contributed by atoms with Crippen molar-refractivity contribution in [3.05, 3.63) is 0 Å².